The van der Waals surface area contributed by atoms with Gasteiger partial charge < -0.3 is 9.88 Å². The van der Waals surface area contributed by atoms with Gasteiger partial charge in [-0.3, -0.25) is 14.7 Å². The van der Waals surface area contributed by atoms with Crippen LogP contribution in [0.1, 0.15) is 10.4 Å². The monoisotopic (exact) mass is 318 g/mol. The van der Waals surface area contributed by atoms with E-state index in [0.29, 0.717) is 11.3 Å². The van der Waals surface area contributed by atoms with Crippen molar-refractivity contribution in [3.05, 3.63) is 70.6 Å². The Balaban J connectivity index is 1.78. The van der Waals surface area contributed by atoms with Gasteiger partial charge in [-0.2, -0.15) is 5.10 Å². The number of carbonyl (C=O) groups excluding carboxylic acids is 1. The molecule has 24 heavy (non-hydrogen) atoms. The van der Waals surface area contributed by atoms with Crippen LogP contribution < -0.4 is 10.9 Å². The number of nitrogens with one attached hydrogen (secondary N) is 2. The standard InChI is InChI=1S/C18H14N4O2/c1-22-16-5-3-2-4-13(16)14(9-17(22)23)18(24)20-12-7-6-11-10-19-21-15(11)8-12/h2-10H,1H3,(H,19,21)(H,20,24). The highest BCUT2D eigenvalue weighted by Gasteiger charge is 2.13. The lowest BCUT2D eigenvalue weighted by Crippen LogP contribution is -2.21. The van der Waals surface area contributed by atoms with Crippen LogP contribution in [0.3, 0.4) is 0 Å². The van der Waals surface area contributed by atoms with Crippen LogP contribution in [0.2, 0.25) is 0 Å². The number of hydrogen-bond donors (Lipinski definition) is 2. The smallest absolute Gasteiger partial charge is 0.256 e. The van der Waals surface area contributed by atoms with E-state index in [-0.39, 0.29) is 11.5 Å². The molecule has 4 rings (SSSR count). The fourth-order valence-corrected chi connectivity index (χ4v) is 2.81. The largest absolute Gasteiger partial charge is 0.322 e. The van der Waals surface area contributed by atoms with Crippen LogP contribution >= 0.6 is 0 Å². The third kappa shape index (κ3) is 2.25. The van der Waals surface area contributed by atoms with Gasteiger partial charge in [-0.25, -0.2) is 0 Å². The van der Waals surface area contributed by atoms with Gasteiger partial charge in [0.05, 0.1) is 22.8 Å². The second kappa shape index (κ2) is 5.34. The maximum atomic E-state index is 12.7. The number of anilines is 1. The van der Waals surface area contributed by atoms with Crippen LogP contribution in [-0.2, 0) is 7.05 Å². The highest BCUT2D eigenvalue weighted by atomic mass is 16.2. The number of hydrogen-bond acceptors (Lipinski definition) is 3. The summed E-state index contributed by atoms with van der Waals surface area (Å²) in [5.41, 5.74) is 2.34. The summed E-state index contributed by atoms with van der Waals surface area (Å²) in [6.07, 6.45) is 1.72. The van der Waals surface area contributed by atoms with Crippen molar-refractivity contribution in [2.45, 2.75) is 0 Å². The minimum atomic E-state index is -0.317. The molecule has 118 valence electrons. The molecule has 0 saturated carbocycles. The van der Waals surface area contributed by atoms with Crippen molar-refractivity contribution in [2.24, 2.45) is 7.05 Å². The Morgan fingerprint density at radius 2 is 2.00 bits per heavy atom. The number of H-pyrrole nitrogens is 1. The molecule has 6 nitrogen and oxygen atoms in total. The van der Waals surface area contributed by atoms with Crippen molar-refractivity contribution in [2.75, 3.05) is 5.32 Å². The first-order valence-corrected chi connectivity index (χ1v) is 7.47. The van der Waals surface area contributed by atoms with Crippen molar-refractivity contribution >= 4 is 33.4 Å². The van der Waals surface area contributed by atoms with Gasteiger partial charge >= 0.3 is 0 Å². The third-order valence-electron chi connectivity index (χ3n) is 4.10. The first-order valence-electron chi connectivity index (χ1n) is 7.47. The van der Waals surface area contributed by atoms with Gasteiger partial charge in [0.2, 0.25) is 0 Å². The number of rotatable bonds is 2. The van der Waals surface area contributed by atoms with Gasteiger partial charge in [0, 0.05) is 29.6 Å². The van der Waals surface area contributed by atoms with Gasteiger partial charge in [0.15, 0.2) is 0 Å². The lowest BCUT2D eigenvalue weighted by molar-refractivity contribution is 0.102. The molecule has 0 bridgehead atoms. The van der Waals surface area contributed by atoms with E-state index in [2.05, 4.69) is 15.5 Å². The van der Waals surface area contributed by atoms with E-state index in [9.17, 15) is 9.59 Å². The Kier molecular flexibility index (Phi) is 3.16. The molecular weight excluding hydrogens is 304 g/mol. The van der Waals surface area contributed by atoms with Gasteiger partial charge in [-0.05, 0) is 24.3 Å². The van der Waals surface area contributed by atoms with Crippen molar-refractivity contribution in [3.63, 3.8) is 0 Å². The van der Waals surface area contributed by atoms with Crippen LogP contribution in [0.5, 0.6) is 0 Å². The lowest BCUT2D eigenvalue weighted by Gasteiger charge is -2.10. The highest BCUT2D eigenvalue weighted by Crippen LogP contribution is 2.20. The maximum absolute atomic E-state index is 12.7. The van der Waals surface area contributed by atoms with Crippen molar-refractivity contribution in [1.29, 1.82) is 0 Å². The molecule has 0 aliphatic carbocycles. The molecule has 0 aliphatic heterocycles. The summed E-state index contributed by atoms with van der Waals surface area (Å²) in [5, 5.41) is 11.4. The van der Waals surface area contributed by atoms with E-state index in [1.54, 1.807) is 19.3 Å². The van der Waals surface area contributed by atoms with E-state index in [1.165, 1.54) is 10.6 Å². The summed E-state index contributed by atoms with van der Waals surface area (Å²) in [6.45, 7) is 0. The molecule has 0 atom stereocenters. The highest BCUT2D eigenvalue weighted by molar-refractivity contribution is 6.12. The Bertz CT molecular complexity index is 1140. The average Bonchev–Trinajstić information content (AvgIpc) is 3.06. The number of pyridine rings is 1. The summed E-state index contributed by atoms with van der Waals surface area (Å²) in [7, 11) is 1.69. The lowest BCUT2D eigenvalue weighted by atomic mass is 10.1. The minimum Gasteiger partial charge on any atom is -0.322 e. The third-order valence-corrected chi connectivity index (χ3v) is 4.10. The topological polar surface area (TPSA) is 79.8 Å². The first kappa shape index (κ1) is 14.2. The maximum Gasteiger partial charge on any atom is 0.256 e. The number of aromatic nitrogens is 3. The van der Waals surface area contributed by atoms with Crippen molar-refractivity contribution < 1.29 is 4.79 Å². The molecule has 0 unspecified atom stereocenters. The van der Waals surface area contributed by atoms with Gasteiger partial charge in [0.1, 0.15) is 0 Å². The Hall–Kier alpha value is -3.41. The van der Waals surface area contributed by atoms with E-state index in [1.807, 2.05) is 36.4 Å². The first-order chi connectivity index (χ1) is 11.6. The molecule has 2 N–H and O–H groups in total. The van der Waals surface area contributed by atoms with Crippen molar-refractivity contribution in [3.8, 4) is 0 Å². The predicted molar refractivity (Wildman–Crippen MR) is 93.2 cm³/mol. The fraction of sp³-hybridized carbons (Fsp3) is 0.0556. The molecular formula is C18H14N4O2. The SMILES string of the molecule is Cn1c(=O)cc(C(=O)Nc2ccc3cn[nH]c3c2)c2ccccc21. The van der Waals surface area contributed by atoms with E-state index in [4.69, 9.17) is 0 Å². The van der Waals surface area contributed by atoms with Crippen LogP contribution in [0.25, 0.3) is 21.8 Å². The Morgan fingerprint density at radius 3 is 2.88 bits per heavy atom. The molecule has 2 heterocycles. The summed E-state index contributed by atoms with van der Waals surface area (Å²) in [4.78, 5) is 24.8. The zero-order valence-electron chi connectivity index (χ0n) is 12.9. The predicted octanol–water partition coefficient (Wildman–Crippen LogP) is 2.67. The molecule has 1 amide bonds. The zero-order valence-corrected chi connectivity index (χ0v) is 12.9. The number of nitrogens with zero attached hydrogens (tertiary/aromatic N) is 2. The summed E-state index contributed by atoms with van der Waals surface area (Å²) in [5.74, 6) is -0.317. The molecule has 0 saturated heterocycles. The molecule has 0 radical (unpaired) electrons. The van der Waals surface area contributed by atoms with Gasteiger partial charge in [-0.1, -0.05) is 18.2 Å². The average molecular weight is 318 g/mol. The van der Waals surface area contributed by atoms with Crippen LogP contribution in [0.4, 0.5) is 5.69 Å². The van der Waals surface area contributed by atoms with Crippen LogP contribution in [-0.4, -0.2) is 20.7 Å². The number of para-hydroxylation sites is 1. The molecule has 0 spiro atoms. The Morgan fingerprint density at radius 1 is 1.17 bits per heavy atom. The molecule has 2 aromatic heterocycles. The quantitative estimate of drug-likeness (QED) is 0.596. The van der Waals surface area contributed by atoms with Crippen molar-refractivity contribution in [1.82, 2.24) is 14.8 Å². The fourth-order valence-electron chi connectivity index (χ4n) is 2.81. The number of carbonyl (C=O) groups is 1. The number of fused-ring (bicyclic) bond motifs is 2. The summed E-state index contributed by atoms with van der Waals surface area (Å²) in [6, 6.07) is 14.2. The number of benzene rings is 2. The molecule has 0 fully saturated rings. The van der Waals surface area contributed by atoms with Gasteiger partial charge in [0.25, 0.3) is 11.5 Å². The minimum absolute atomic E-state index is 0.220. The summed E-state index contributed by atoms with van der Waals surface area (Å²) < 4.78 is 1.53. The summed E-state index contributed by atoms with van der Waals surface area (Å²) >= 11 is 0. The van der Waals surface area contributed by atoms with E-state index < -0.39 is 0 Å². The van der Waals surface area contributed by atoms with E-state index in [0.717, 1.165) is 21.8 Å². The van der Waals surface area contributed by atoms with Crippen LogP contribution in [0.15, 0.2) is 59.5 Å². The molecule has 6 heteroatoms. The number of aryl methyl sites for hydroxylation is 1. The van der Waals surface area contributed by atoms with E-state index >= 15 is 0 Å². The molecule has 2 aromatic carbocycles. The molecule has 4 aromatic rings. The van der Waals surface area contributed by atoms with Crippen LogP contribution in [0, 0.1) is 0 Å². The zero-order chi connectivity index (χ0) is 16.7. The molecule has 0 aliphatic rings. The normalized spacial score (nSPS) is 11.0. The number of aromatic amines is 1. The Labute approximate surface area is 136 Å². The van der Waals surface area contributed by atoms with Gasteiger partial charge in [-0.15, -0.1) is 0 Å². The number of amides is 1. The second-order valence-corrected chi connectivity index (χ2v) is 5.60. The second-order valence-electron chi connectivity index (χ2n) is 5.60.